The number of nitrogens with zero attached hydrogens (tertiary/aromatic N) is 1. The summed E-state index contributed by atoms with van der Waals surface area (Å²) in [6.07, 6.45) is 0. The zero-order valence-corrected chi connectivity index (χ0v) is 8.29. The zero-order chi connectivity index (χ0) is 9.14. The maximum absolute atomic E-state index is 5.88. The summed E-state index contributed by atoms with van der Waals surface area (Å²) in [4.78, 5) is 2.32. The molecule has 2 atom stereocenters. The van der Waals surface area contributed by atoms with Gasteiger partial charge in [0.1, 0.15) is 0 Å². The summed E-state index contributed by atoms with van der Waals surface area (Å²) in [6.45, 7) is 7.01. The molecule has 0 aliphatic carbocycles. The Balaban J connectivity index is 2.30. The molecule has 2 unspecified atom stereocenters. The monoisotopic (exact) mass is 172 g/mol. The molecule has 1 aliphatic rings. The molecular weight excluding hydrogens is 152 g/mol. The van der Waals surface area contributed by atoms with Gasteiger partial charge >= 0.3 is 0 Å². The van der Waals surface area contributed by atoms with Crippen LogP contribution < -0.4 is 5.73 Å². The van der Waals surface area contributed by atoms with E-state index in [0.29, 0.717) is 12.0 Å². The highest BCUT2D eigenvalue weighted by Crippen LogP contribution is 2.13. The molecule has 1 fully saturated rings. The van der Waals surface area contributed by atoms with Gasteiger partial charge < -0.3 is 15.4 Å². The van der Waals surface area contributed by atoms with E-state index in [1.54, 1.807) is 0 Å². The van der Waals surface area contributed by atoms with Crippen LogP contribution in [0.2, 0.25) is 0 Å². The van der Waals surface area contributed by atoms with Crippen LogP contribution >= 0.6 is 0 Å². The van der Waals surface area contributed by atoms with E-state index in [-0.39, 0.29) is 6.04 Å². The summed E-state index contributed by atoms with van der Waals surface area (Å²) in [5.41, 5.74) is 5.88. The summed E-state index contributed by atoms with van der Waals surface area (Å²) in [7, 11) is 2.13. The Morgan fingerprint density at radius 3 is 2.58 bits per heavy atom. The Kier molecular flexibility index (Phi) is 3.50. The van der Waals surface area contributed by atoms with E-state index in [1.807, 2.05) is 0 Å². The lowest BCUT2D eigenvalue weighted by atomic mass is 10.0. The van der Waals surface area contributed by atoms with Crippen LogP contribution in [0, 0.1) is 5.92 Å². The molecule has 72 valence electrons. The van der Waals surface area contributed by atoms with Crippen LogP contribution in [0.3, 0.4) is 0 Å². The van der Waals surface area contributed by atoms with Crippen molar-refractivity contribution >= 4 is 0 Å². The lowest BCUT2D eigenvalue weighted by Crippen LogP contribution is -2.39. The third kappa shape index (κ3) is 2.44. The first-order valence-corrected chi connectivity index (χ1v) is 4.65. The first kappa shape index (κ1) is 9.96. The summed E-state index contributed by atoms with van der Waals surface area (Å²) >= 11 is 0. The second kappa shape index (κ2) is 4.21. The first-order chi connectivity index (χ1) is 5.61. The van der Waals surface area contributed by atoms with Crippen molar-refractivity contribution in [2.45, 2.75) is 25.9 Å². The fourth-order valence-corrected chi connectivity index (χ4v) is 1.38. The Labute approximate surface area is 74.9 Å². The number of hydrogen-bond donors (Lipinski definition) is 1. The number of rotatable bonds is 3. The van der Waals surface area contributed by atoms with Crippen LogP contribution in [-0.2, 0) is 4.74 Å². The van der Waals surface area contributed by atoms with E-state index in [4.69, 9.17) is 10.5 Å². The van der Waals surface area contributed by atoms with Crippen molar-refractivity contribution in [3.05, 3.63) is 0 Å². The summed E-state index contributed by atoms with van der Waals surface area (Å²) < 4.78 is 5.30. The highest BCUT2D eigenvalue weighted by atomic mass is 16.5. The topological polar surface area (TPSA) is 38.5 Å². The molecule has 0 amide bonds. The van der Waals surface area contributed by atoms with Crippen molar-refractivity contribution in [2.75, 3.05) is 26.8 Å². The Morgan fingerprint density at radius 2 is 2.17 bits per heavy atom. The van der Waals surface area contributed by atoms with Crippen LogP contribution in [0.15, 0.2) is 0 Å². The van der Waals surface area contributed by atoms with Gasteiger partial charge in [-0.25, -0.2) is 0 Å². The van der Waals surface area contributed by atoms with Gasteiger partial charge in [-0.1, -0.05) is 0 Å². The molecule has 0 saturated carbocycles. The van der Waals surface area contributed by atoms with Crippen molar-refractivity contribution in [3.63, 3.8) is 0 Å². The van der Waals surface area contributed by atoms with Gasteiger partial charge in [0.25, 0.3) is 0 Å². The maximum Gasteiger partial charge on any atom is 0.0621 e. The molecule has 0 aromatic heterocycles. The van der Waals surface area contributed by atoms with Gasteiger partial charge in [0, 0.05) is 24.5 Å². The van der Waals surface area contributed by atoms with E-state index in [1.165, 1.54) is 0 Å². The van der Waals surface area contributed by atoms with Crippen LogP contribution in [0.1, 0.15) is 13.8 Å². The summed E-state index contributed by atoms with van der Waals surface area (Å²) in [5.74, 6) is 0.525. The molecule has 1 saturated heterocycles. The van der Waals surface area contributed by atoms with Crippen LogP contribution in [-0.4, -0.2) is 43.8 Å². The van der Waals surface area contributed by atoms with E-state index in [9.17, 15) is 0 Å². The van der Waals surface area contributed by atoms with Gasteiger partial charge in [-0.05, 0) is 20.9 Å². The van der Waals surface area contributed by atoms with Crippen molar-refractivity contribution in [3.8, 4) is 0 Å². The van der Waals surface area contributed by atoms with Gasteiger partial charge in [-0.2, -0.15) is 0 Å². The van der Waals surface area contributed by atoms with E-state index in [2.05, 4.69) is 25.8 Å². The Morgan fingerprint density at radius 1 is 1.50 bits per heavy atom. The predicted octanol–water partition coefficient (Wildman–Crippen LogP) is 0.300. The highest BCUT2D eigenvalue weighted by Gasteiger charge is 2.26. The molecule has 2 N–H and O–H groups in total. The highest BCUT2D eigenvalue weighted by molar-refractivity contribution is 4.80. The quantitative estimate of drug-likeness (QED) is 0.665. The molecular formula is C9H20N2O. The predicted molar refractivity (Wildman–Crippen MR) is 50.1 cm³/mol. The van der Waals surface area contributed by atoms with E-state index >= 15 is 0 Å². The van der Waals surface area contributed by atoms with Gasteiger partial charge in [0.05, 0.1) is 13.2 Å². The molecule has 0 radical (unpaired) electrons. The Bertz CT molecular complexity index is 138. The fourth-order valence-electron chi connectivity index (χ4n) is 1.38. The Hall–Kier alpha value is -0.120. The van der Waals surface area contributed by atoms with Gasteiger partial charge in [0.2, 0.25) is 0 Å². The molecule has 0 aromatic carbocycles. The minimum Gasteiger partial charge on any atom is -0.379 e. The number of ether oxygens (including phenoxy) is 1. The molecule has 0 spiro atoms. The smallest absolute Gasteiger partial charge is 0.0621 e. The third-order valence-corrected chi connectivity index (χ3v) is 2.65. The van der Waals surface area contributed by atoms with Crippen LogP contribution in [0.4, 0.5) is 0 Å². The molecule has 12 heavy (non-hydrogen) atoms. The van der Waals surface area contributed by atoms with Crippen molar-refractivity contribution < 1.29 is 4.74 Å². The minimum absolute atomic E-state index is 0.242. The van der Waals surface area contributed by atoms with Crippen molar-refractivity contribution in [1.82, 2.24) is 4.90 Å². The van der Waals surface area contributed by atoms with Crippen molar-refractivity contribution in [1.29, 1.82) is 0 Å². The van der Waals surface area contributed by atoms with E-state index < -0.39 is 0 Å². The standard InChI is InChI=1S/C9H20N2O/c1-7(2)11(3)4-8-5-12-6-9(8)10/h7-9H,4-6,10H2,1-3H3. The molecule has 0 aromatic rings. The minimum atomic E-state index is 0.242. The molecule has 3 nitrogen and oxygen atoms in total. The molecule has 1 rings (SSSR count). The summed E-state index contributed by atoms with van der Waals surface area (Å²) in [5, 5.41) is 0. The second-order valence-corrected chi connectivity index (χ2v) is 3.99. The lowest BCUT2D eigenvalue weighted by Gasteiger charge is -2.25. The molecule has 0 bridgehead atoms. The van der Waals surface area contributed by atoms with Gasteiger partial charge in [0.15, 0.2) is 0 Å². The van der Waals surface area contributed by atoms with Crippen molar-refractivity contribution in [2.24, 2.45) is 11.7 Å². The SMILES string of the molecule is CC(C)N(C)CC1COCC1N. The fraction of sp³-hybridized carbons (Fsp3) is 1.00. The number of hydrogen-bond acceptors (Lipinski definition) is 3. The van der Waals surface area contributed by atoms with Crippen LogP contribution in [0.5, 0.6) is 0 Å². The molecule has 1 heterocycles. The average Bonchev–Trinajstić information content (AvgIpc) is 2.36. The second-order valence-electron chi connectivity index (χ2n) is 3.99. The molecule has 3 heteroatoms. The maximum atomic E-state index is 5.88. The van der Waals surface area contributed by atoms with Crippen LogP contribution in [0.25, 0.3) is 0 Å². The van der Waals surface area contributed by atoms with Gasteiger partial charge in [-0.15, -0.1) is 0 Å². The third-order valence-electron chi connectivity index (χ3n) is 2.65. The molecule has 1 aliphatic heterocycles. The largest absolute Gasteiger partial charge is 0.379 e. The summed E-state index contributed by atoms with van der Waals surface area (Å²) in [6, 6.07) is 0.837. The average molecular weight is 172 g/mol. The normalized spacial score (nSPS) is 30.5. The number of nitrogens with two attached hydrogens (primary N) is 1. The van der Waals surface area contributed by atoms with E-state index in [0.717, 1.165) is 19.8 Å². The first-order valence-electron chi connectivity index (χ1n) is 4.65. The lowest BCUT2D eigenvalue weighted by molar-refractivity contribution is 0.166. The zero-order valence-electron chi connectivity index (χ0n) is 8.29. The van der Waals surface area contributed by atoms with Gasteiger partial charge in [-0.3, -0.25) is 0 Å².